The third-order valence-electron chi connectivity index (χ3n) is 4.76. The molecular weight excluding hydrogens is 372 g/mol. The van der Waals surface area contributed by atoms with Crippen molar-refractivity contribution in [3.63, 3.8) is 0 Å². The molecule has 0 aliphatic carbocycles. The standard InChI is InChI=1S/C17H30N2O5SSi/c1-16(2,3)26(6,7)24-13-12-17(4,5)18-25(22,23)15-10-8-14(9-11-15)19(20)21/h8-11,18H,12-13H2,1-7H3. The van der Waals surface area contributed by atoms with E-state index >= 15 is 0 Å². The van der Waals surface area contributed by atoms with Crippen molar-refractivity contribution in [1.82, 2.24) is 4.72 Å². The fourth-order valence-electron chi connectivity index (χ4n) is 2.00. The molecular formula is C17H30N2O5SSi. The van der Waals surface area contributed by atoms with Gasteiger partial charge in [0.25, 0.3) is 5.69 Å². The Hall–Kier alpha value is -1.29. The van der Waals surface area contributed by atoms with E-state index in [2.05, 4.69) is 38.6 Å². The quantitative estimate of drug-likeness (QED) is 0.401. The molecule has 0 aromatic heterocycles. The Morgan fingerprint density at radius 1 is 1.12 bits per heavy atom. The van der Waals surface area contributed by atoms with Crippen LogP contribution >= 0.6 is 0 Å². The molecule has 1 N–H and O–H groups in total. The summed E-state index contributed by atoms with van der Waals surface area (Å²) in [6.45, 7) is 14.8. The Labute approximate surface area is 157 Å². The second kappa shape index (κ2) is 7.75. The van der Waals surface area contributed by atoms with Crippen LogP contribution in [0.15, 0.2) is 29.2 Å². The second-order valence-corrected chi connectivity index (χ2v) is 15.1. The molecule has 0 saturated heterocycles. The highest BCUT2D eigenvalue weighted by Crippen LogP contribution is 2.36. The predicted octanol–water partition coefficient (Wildman–Crippen LogP) is 4.06. The maximum absolute atomic E-state index is 12.5. The topological polar surface area (TPSA) is 98.5 Å². The van der Waals surface area contributed by atoms with Gasteiger partial charge >= 0.3 is 0 Å². The lowest BCUT2D eigenvalue weighted by Gasteiger charge is -2.37. The number of sulfonamides is 1. The molecule has 0 heterocycles. The third-order valence-corrected chi connectivity index (χ3v) is 11.0. The lowest BCUT2D eigenvalue weighted by Crippen LogP contribution is -2.46. The first-order chi connectivity index (χ1) is 11.6. The first-order valence-electron chi connectivity index (χ1n) is 8.50. The van der Waals surface area contributed by atoms with Crippen LogP contribution in [0.3, 0.4) is 0 Å². The largest absolute Gasteiger partial charge is 0.417 e. The molecule has 148 valence electrons. The van der Waals surface area contributed by atoms with Crippen LogP contribution in [0.2, 0.25) is 18.1 Å². The molecule has 7 nitrogen and oxygen atoms in total. The van der Waals surface area contributed by atoms with Gasteiger partial charge in [-0.05, 0) is 50.5 Å². The number of hydrogen-bond donors (Lipinski definition) is 1. The van der Waals surface area contributed by atoms with Crippen molar-refractivity contribution in [3.05, 3.63) is 34.4 Å². The normalized spacial score (nSPS) is 13.7. The molecule has 0 fully saturated rings. The molecule has 0 atom stereocenters. The van der Waals surface area contributed by atoms with Crippen LogP contribution in [0.5, 0.6) is 0 Å². The summed E-state index contributed by atoms with van der Waals surface area (Å²) in [5.74, 6) is 0. The number of nitro benzene ring substituents is 1. The Kier molecular flexibility index (Phi) is 6.78. The van der Waals surface area contributed by atoms with Crippen LogP contribution < -0.4 is 4.72 Å². The van der Waals surface area contributed by atoms with Gasteiger partial charge in [0.1, 0.15) is 0 Å². The van der Waals surface area contributed by atoms with E-state index in [4.69, 9.17) is 4.43 Å². The van der Waals surface area contributed by atoms with Gasteiger partial charge in [0.2, 0.25) is 10.0 Å². The molecule has 1 aromatic carbocycles. The van der Waals surface area contributed by atoms with Crippen molar-refractivity contribution in [2.45, 2.75) is 69.6 Å². The summed E-state index contributed by atoms with van der Waals surface area (Å²) in [7, 11) is -5.66. The maximum atomic E-state index is 12.5. The van der Waals surface area contributed by atoms with E-state index in [0.717, 1.165) is 0 Å². The SMILES string of the molecule is CC(C)(CCO[Si](C)(C)C(C)(C)C)NS(=O)(=O)c1ccc([N+](=O)[O-])cc1. The Morgan fingerprint density at radius 3 is 2.04 bits per heavy atom. The van der Waals surface area contributed by atoms with E-state index in [9.17, 15) is 18.5 Å². The van der Waals surface area contributed by atoms with E-state index in [1.54, 1.807) is 13.8 Å². The first-order valence-corrected chi connectivity index (χ1v) is 12.9. The van der Waals surface area contributed by atoms with Gasteiger partial charge in [0.15, 0.2) is 8.32 Å². The van der Waals surface area contributed by atoms with Gasteiger partial charge in [-0.15, -0.1) is 0 Å². The van der Waals surface area contributed by atoms with Crippen LogP contribution in [0.4, 0.5) is 5.69 Å². The minimum absolute atomic E-state index is 0.00138. The molecule has 0 unspecified atom stereocenters. The highest BCUT2D eigenvalue weighted by atomic mass is 32.2. The molecule has 0 aliphatic rings. The van der Waals surface area contributed by atoms with Gasteiger partial charge < -0.3 is 4.43 Å². The molecule has 26 heavy (non-hydrogen) atoms. The molecule has 0 bridgehead atoms. The van der Waals surface area contributed by atoms with Crippen LogP contribution in [0.25, 0.3) is 0 Å². The number of hydrogen-bond acceptors (Lipinski definition) is 5. The van der Waals surface area contributed by atoms with Gasteiger partial charge in [0.05, 0.1) is 9.82 Å². The van der Waals surface area contributed by atoms with Gasteiger partial charge in [-0.25, -0.2) is 13.1 Å². The second-order valence-electron chi connectivity index (χ2n) is 8.60. The summed E-state index contributed by atoms with van der Waals surface area (Å²) in [5, 5.41) is 10.8. The first kappa shape index (κ1) is 22.7. The monoisotopic (exact) mass is 402 g/mol. The lowest BCUT2D eigenvalue weighted by atomic mass is 10.0. The van der Waals surface area contributed by atoms with Crippen molar-refractivity contribution in [2.75, 3.05) is 6.61 Å². The molecule has 0 spiro atoms. The zero-order chi connectivity index (χ0) is 20.4. The number of nitrogens with one attached hydrogen (secondary N) is 1. The Bertz CT molecular complexity index is 737. The summed E-state index contributed by atoms with van der Waals surface area (Å²) in [4.78, 5) is 10.1. The van der Waals surface area contributed by atoms with E-state index < -0.39 is 28.8 Å². The van der Waals surface area contributed by atoms with Crippen LogP contribution in [-0.4, -0.2) is 33.8 Å². The fraction of sp³-hybridized carbons (Fsp3) is 0.647. The number of nitro groups is 1. The molecule has 1 aromatic rings. The van der Waals surface area contributed by atoms with Crippen LogP contribution in [0.1, 0.15) is 41.0 Å². The van der Waals surface area contributed by atoms with E-state index in [1.807, 2.05) is 0 Å². The zero-order valence-electron chi connectivity index (χ0n) is 16.6. The zero-order valence-corrected chi connectivity index (χ0v) is 18.4. The van der Waals surface area contributed by atoms with Crippen LogP contribution in [-0.2, 0) is 14.4 Å². The molecule has 9 heteroatoms. The fourth-order valence-corrected chi connectivity index (χ4v) is 4.49. The minimum Gasteiger partial charge on any atom is -0.417 e. The number of rotatable bonds is 8. The van der Waals surface area contributed by atoms with Gasteiger partial charge in [0, 0.05) is 24.3 Å². The highest BCUT2D eigenvalue weighted by Gasteiger charge is 2.37. The highest BCUT2D eigenvalue weighted by molar-refractivity contribution is 7.89. The van der Waals surface area contributed by atoms with Gasteiger partial charge in [-0.2, -0.15) is 0 Å². The summed E-state index contributed by atoms with van der Waals surface area (Å²) < 4.78 is 33.9. The molecule has 0 radical (unpaired) electrons. The van der Waals surface area contributed by atoms with Crippen molar-refractivity contribution >= 4 is 24.0 Å². The van der Waals surface area contributed by atoms with Crippen molar-refractivity contribution in [2.24, 2.45) is 0 Å². The number of non-ortho nitro benzene ring substituents is 1. The van der Waals surface area contributed by atoms with E-state index in [0.29, 0.717) is 13.0 Å². The number of nitrogens with zero attached hydrogens (tertiary/aromatic N) is 1. The van der Waals surface area contributed by atoms with Crippen LogP contribution in [0, 0.1) is 10.1 Å². The van der Waals surface area contributed by atoms with Gasteiger partial charge in [-0.1, -0.05) is 20.8 Å². The Balaban J connectivity index is 2.77. The predicted molar refractivity (Wildman–Crippen MR) is 105 cm³/mol. The van der Waals surface area contributed by atoms with E-state index in [-0.39, 0.29) is 15.6 Å². The summed E-state index contributed by atoms with van der Waals surface area (Å²) >= 11 is 0. The Morgan fingerprint density at radius 2 is 1.62 bits per heavy atom. The average Bonchev–Trinajstić information content (AvgIpc) is 2.44. The maximum Gasteiger partial charge on any atom is 0.269 e. The smallest absolute Gasteiger partial charge is 0.269 e. The minimum atomic E-state index is -3.77. The average molecular weight is 403 g/mol. The molecule has 0 amide bonds. The lowest BCUT2D eigenvalue weighted by molar-refractivity contribution is -0.384. The van der Waals surface area contributed by atoms with Crippen molar-refractivity contribution in [1.29, 1.82) is 0 Å². The summed E-state index contributed by atoms with van der Waals surface area (Å²) in [6.07, 6.45) is 0.520. The van der Waals surface area contributed by atoms with E-state index in [1.165, 1.54) is 24.3 Å². The van der Waals surface area contributed by atoms with Crippen molar-refractivity contribution in [3.8, 4) is 0 Å². The number of benzene rings is 1. The summed E-state index contributed by atoms with van der Waals surface area (Å²) in [5.41, 5.74) is -0.853. The molecule has 0 aliphatic heterocycles. The van der Waals surface area contributed by atoms with Crippen molar-refractivity contribution < 1.29 is 17.8 Å². The van der Waals surface area contributed by atoms with Gasteiger partial charge in [-0.3, -0.25) is 10.1 Å². The molecule has 1 rings (SSSR count). The molecule has 0 saturated carbocycles. The summed E-state index contributed by atoms with van der Waals surface area (Å²) in [6, 6.07) is 4.84. The third kappa shape index (κ3) is 6.15.